The van der Waals surface area contributed by atoms with Crippen LogP contribution in [0.1, 0.15) is 12.6 Å². The van der Waals surface area contributed by atoms with Gasteiger partial charge in [0.05, 0.1) is 29.6 Å². The quantitative estimate of drug-likeness (QED) is 0.912. The monoisotopic (exact) mass is 352 g/mol. The van der Waals surface area contributed by atoms with Gasteiger partial charge in [0.2, 0.25) is 5.91 Å². The topological polar surface area (TPSA) is 79.7 Å². The number of morpholine rings is 1. The van der Waals surface area contributed by atoms with Crippen LogP contribution in [0.15, 0.2) is 22.9 Å². The molecule has 0 spiro atoms. The van der Waals surface area contributed by atoms with E-state index in [1.165, 1.54) is 11.3 Å². The van der Waals surface area contributed by atoms with Gasteiger partial charge in [0.15, 0.2) is 6.10 Å². The predicted molar refractivity (Wildman–Crippen MR) is 87.7 cm³/mol. The number of hydrogen-bond donors (Lipinski definition) is 1. The molecule has 1 unspecified atom stereocenters. The fourth-order valence-corrected chi connectivity index (χ4v) is 4.09. The maximum atomic E-state index is 12.4. The van der Waals surface area contributed by atoms with E-state index in [1.54, 1.807) is 23.2 Å². The fourth-order valence-electron chi connectivity index (χ4n) is 2.46. The molecule has 6 nitrogen and oxygen atoms in total. The molecule has 0 radical (unpaired) electrons. The van der Waals surface area contributed by atoms with Crippen molar-refractivity contribution in [3.63, 3.8) is 0 Å². The highest BCUT2D eigenvalue weighted by Crippen LogP contribution is 2.28. The molecule has 3 rings (SSSR count). The standard InChI is InChI=1S/C15H16N2O4S2/c1-9-6-17(7-11(21-9)15(19)20)13(18)5-10-8-23-14(16-10)12-3-2-4-22-12/h2-4,8-9,11H,5-7H2,1H3,(H,19,20)/t9-,11?/m1/s1. The summed E-state index contributed by atoms with van der Waals surface area (Å²) in [6.45, 7) is 2.26. The summed E-state index contributed by atoms with van der Waals surface area (Å²) in [6, 6.07) is 3.96. The van der Waals surface area contributed by atoms with E-state index in [1.807, 2.05) is 22.9 Å². The Morgan fingerprint density at radius 1 is 1.43 bits per heavy atom. The van der Waals surface area contributed by atoms with Gasteiger partial charge in [0, 0.05) is 11.9 Å². The van der Waals surface area contributed by atoms with Crippen molar-refractivity contribution in [1.29, 1.82) is 0 Å². The number of rotatable bonds is 4. The number of hydrogen-bond acceptors (Lipinski definition) is 6. The molecule has 23 heavy (non-hydrogen) atoms. The van der Waals surface area contributed by atoms with E-state index >= 15 is 0 Å². The molecule has 122 valence electrons. The number of aliphatic carboxylic acids is 1. The second-order valence-electron chi connectivity index (χ2n) is 5.37. The van der Waals surface area contributed by atoms with E-state index in [2.05, 4.69) is 4.98 Å². The summed E-state index contributed by atoms with van der Waals surface area (Å²) >= 11 is 3.12. The third kappa shape index (κ3) is 3.77. The molecule has 1 amide bonds. The highest BCUT2D eigenvalue weighted by molar-refractivity contribution is 7.20. The van der Waals surface area contributed by atoms with E-state index in [-0.39, 0.29) is 25.0 Å². The number of ether oxygens (including phenoxy) is 1. The van der Waals surface area contributed by atoms with Crippen LogP contribution in [0, 0.1) is 0 Å². The van der Waals surface area contributed by atoms with Gasteiger partial charge in [0.1, 0.15) is 5.01 Å². The number of aromatic nitrogens is 1. The van der Waals surface area contributed by atoms with Crippen molar-refractivity contribution < 1.29 is 19.4 Å². The normalized spacial score (nSPS) is 21.3. The largest absolute Gasteiger partial charge is 0.479 e. The average Bonchev–Trinajstić information content (AvgIpc) is 3.17. The van der Waals surface area contributed by atoms with Crippen molar-refractivity contribution in [1.82, 2.24) is 9.88 Å². The molecule has 0 saturated carbocycles. The van der Waals surface area contributed by atoms with Crippen molar-refractivity contribution >= 4 is 34.6 Å². The number of carbonyl (C=O) groups excluding carboxylic acids is 1. The van der Waals surface area contributed by atoms with Gasteiger partial charge in [-0.15, -0.1) is 22.7 Å². The van der Waals surface area contributed by atoms with Crippen molar-refractivity contribution in [2.75, 3.05) is 13.1 Å². The molecule has 1 aliphatic heterocycles. The highest BCUT2D eigenvalue weighted by atomic mass is 32.1. The molecule has 0 aliphatic carbocycles. The summed E-state index contributed by atoms with van der Waals surface area (Å²) in [6.07, 6.45) is -1.06. The lowest BCUT2D eigenvalue weighted by Gasteiger charge is -2.34. The van der Waals surface area contributed by atoms with Gasteiger partial charge in [0.25, 0.3) is 0 Å². The lowest BCUT2D eigenvalue weighted by atomic mass is 10.2. The van der Waals surface area contributed by atoms with Crippen LogP contribution in [0.2, 0.25) is 0 Å². The fraction of sp³-hybridized carbons (Fsp3) is 0.400. The van der Waals surface area contributed by atoms with Crippen molar-refractivity contribution in [3.05, 3.63) is 28.6 Å². The molecule has 1 fully saturated rings. The molecule has 0 aromatic carbocycles. The zero-order valence-electron chi connectivity index (χ0n) is 12.5. The lowest BCUT2D eigenvalue weighted by molar-refractivity contribution is -0.166. The molecule has 2 atom stereocenters. The third-order valence-electron chi connectivity index (χ3n) is 3.50. The van der Waals surface area contributed by atoms with Gasteiger partial charge in [-0.3, -0.25) is 4.79 Å². The minimum Gasteiger partial charge on any atom is -0.479 e. The van der Waals surface area contributed by atoms with E-state index in [0.717, 1.165) is 15.6 Å². The van der Waals surface area contributed by atoms with Crippen LogP contribution < -0.4 is 0 Å². The molecule has 3 heterocycles. The zero-order chi connectivity index (χ0) is 16.4. The molecule has 2 aromatic heterocycles. The number of carboxylic acid groups (broad SMARTS) is 1. The molecule has 1 aliphatic rings. The number of amides is 1. The van der Waals surface area contributed by atoms with Crippen molar-refractivity contribution in [3.8, 4) is 9.88 Å². The summed E-state index contributed by atoms with van der Waals surface area (Å²) in [5, 5.41) is 13.9. The van der Waals surface area contributed by atoms with Crippen LogP contribution >= 0.6 is 22.7 Å². The second-order valence-corrected chi connectivity index (χ2v) is 7.18. The van der Waals surface area contributed by atoms with Gasteiger partial charge in [-0.25, -0.2) is 9.78 Å². The average molecular weight is 352 g/mol. The maximum Gasteiger partial charge on any atom is 0.334 e. The van der Waals surface area contributed by atoms with Gasteiger partial charge in [-0.1, -0.05) is 6.07 Å². The smallest absolute Gasteiger partial charge is 0.334 e. The Hall–Kier alpha value is -1.77. The van der Waals surface area contributed by atoms with Gasteiger partial charge in [-0.05, 0) is 18.4 Å². The van der Waals surface area contributed by atoms with E-state index in [0.29, 0.717) is 6.54 Å². The van der Waals surface area contributed by atoms with Crippen LogP contribution in [-0.4, -0.2) is 52.2 Å². The molecule has 1 saturated heterocycles. The summed E-state index contributed by atoms with van der Waals surface area (Å²) < 4.78 is 5.33. The van der Waals surface area contributed by atoms with E-state index in [9.17, 15) is 9.59 Å². The van der Waals surface area contributed by atoms with Crippen LogP contribution in [0.25, 0.3) is 9.88 Å². The number of carboxylic acids is 1. The van der Waals surface area contributed by atoms with Crippen molar-refractivity contribution in [2.24, 2.45) is 0 Å². The second kappa shape index (κ2) is 6.77. The number of thiophene rings is 1. The Morgan fingerprint density at radius 2 is 2.26 bits per heavy atom. The van der Waals surface area contributed by atoms with E-state index < -0.39 is 12.1 Å². The first-order valence-electron chi connectivity index (χ1n) is 7.17. The summed E-state index contributed by atoms with van der Waals surface area (Å²) in [7, 11) is 0. The van der Waals surface area contributed by atoms with Crippen LogP contribution in [-0.2, 0) is 20.7 Å². The maximum absolute atomic E-state index is 12.4. The van der Waals surface area contributed by atoms with Crippen LogP contribution in [0.3, 0.4) is 0 Å². The first-order valence-corrected chi connectivity index (χ1v) is 8.93. The minimum atomic E-state index is -1.04. The lowest BCUT2D eigenvalue weighted by Crippen LogP contribution is -2.52. The molecule has 8 heteroatoms. The number of carbonyl (C=O) groups is 2. The van der Waals surface area contributed by atoms with Crippen LogP contribution in [0.5, 0.6) is 0 Å². The molecular formula is C15H16N2O4S2. The Balaban J connectivity index is 1.66. The predicted octanol–water partition coefficient (Wildman–Crippen LogP) is 2.11. The Labute approximate surface area is 141 Å². The Bertz CT molecular complexity index is 698. The first kappa shape index (κ1) is 16.1. The molecule has 2 aromatic rings. The molecular weight excluding hydrogens is 336 g/mol. The van der Waals surface area contributed by atoms with Crippen LogP contribution in [0.4, 0.5) is 0 Å². The molecule has 0 bridgehead atoms. The summed E-state index contributed by atoms with van der Waals surface area (Å²) in [4.78, 5) is 30.6. The number of nitrogens with zero attached hydrogens (tertiary/aromatic N) is 2. The van der Waals surface area contributed by atoms with Gasteiger partial charge < -0.3 is 14.7 Å². The summed E-state index contributed by atoms with van der Waals surface area (Å²) in [5.74, 6) is -1.16. The Kier molecular flexibility index (Phi) is 4.74. The molecule has 1 N–H and O–H groups in total. The minimum absolute atomic E-state index is 0.0838. The zero-order valence-corrected chi connectivity index (χ0v) is 14.1. The van der Waals surface area contributed by atoms with Gasteiger partial charge in [-0.2, -0.15) is 0 Å². The highest BCUT2D eigenvalue weighted by Gasteiger charge is 2.32. The van der Waals surface area contributed by atoms with E-state index in [4.69, 9.17) is 9.84 Å². The summed E-state index contributed by atoms with van der Waals surface area (Å²) in [5.41, 5.74) is 0.717. The SMILES string of the molecule is C[C@@H]1CN(C(=O)Cc2csc(-c3cccs3)n2)CC(C(=O)O)O1. The van der Waals surface area contributed by atoms with Gasteiger partial charge >= 0.3 is 5.97 Å². The third-order valence-corrected chi connectivity index (χ3v) is 5.43. The first-order chi connectivity index (χ1) is 11.0. The Morgan fingerprint density at radius 3 is 2.96 bits per heavy atom. The van der Waals surface area contributed by atoms with Crippen molar-refractivity contribution in [2.45, 2.75) is 25.6 Å². The number of thiazole rings is 1.